The van der Waals surface area contributed by atoms with Gasteiger partial charge in [0.25, 0.3) is 5.91 Å². The van der Waals surface area contributed by atoms with Gasteiger partial charge >= 0.3 is 0 Å². The zero-order valence-corrected chi connectivity index (χ0v) is 15.8. The molecule has 2 aromatic carbocycles. The summed E-state index contributed by atoms with van der Waals surface area (Å²) in [6.07, 6.45) is 1.58. The zero-order chi connectivity index (χ0) is 18.9. The van der Waals surface area contributed by atoms with Crippen molar-refractivity contribution in [1.82, 2.24) is 0 Å². The van der Waals surface area contributed by atoms with Crippen LogP contribution < -0.4 is 9.64 Å². The van der Waals surface area contributed by atoms with Crippen LogP contribution in [-0.2, 0) is 9.84 Å². The van der Waals surface area contributed by atoms with Crippen molar-refractivity contribution in [2.24, 2.45) is 0 Å². The number of amides is 1. The van der Waals surface area contributed by atoms with Gasteiger partial charge in [0.2, 0.25) is 0 Å². The number of ether oxygens (including phenoxy) is 1. The molecular weight excluding hydrogens is 350 g/mol. The van der Waals surface area contributed by atoms with Crippen molar-refractivity contribution >= 4 is 21.4 Å². The fourth-order valence-corrected chi connectivity index (χ4v) is 4.20. The molecule has 1 amide bonds. The zero-order valence-electron chi connectivity index (χ0n) is 15.0. The van der Waals surface area contributed by atoms with Crippen LogP contribution in [0.25, 0.3) is 0 Å². The van der Waals surface area contributed by atoms with Gasteiger partial charge in [-0.25, -0.2) is 8.42 Å². The van der Waals surface area contributed by atoms with Crippen molar-refractivity contribution in [3.63, 3.8) is 0 Å². The number of benzene rings is 2. The molecule has 1 aliphatic rings. The number of nitrogens with zero attached hydrogens (tertiary/aromatic N) is 1. The van der Waals surface area contributed by atoms with Gasteiger partial charge in [-0.15, -0.1) is 0 Å². The number of rotatable bonds is 4. The Hall–Kier alpha value is -2.60. The Morgan fingerprint density at radius 2 is 1.77 bits per heavy atom. The van der Waals surface area contributed by atoms with Crippen LogP contribution in [0.15, 0.2) is 53.9 Å². The normalized spacial score (nSPS) is 17.9. The lowest BCUT2D eigenvalue weighted by Crippen LogP contribution is -2.41. The summed E-state index contributed by atoms with van der Waals surface area (Å²) < 4.78 is 28.9. The minimum absolute atomic E-state index is 0.109. The van der Waals surface area contributed by atoms with Crippen LogP contribution in [0.3, 0.4) is 0 Å². The summed E-state index contributed by atoms with van der Waals surface area (Å²) in [5.41, 5.74) is 3.31. The van der Waals surface area contributed by atoms with Crippen LogP contribution in [0, 0.1) is 13.8 Å². The molecule has 2 aromatic rings. The van der Waals surface area contributed by atoms with E-state index in [1.807, 2.05) is 32.0 Å². The fourth-order valence-electron chi connectivity index (χ4n) is 2.93. The molecule has 1 atom stereocenters. The van der Waals surface area contributed by atoms with E-state index in [1.165, 1.54) is 5.41 Å². The molecular formula is C20H21NO4S. The lowest BCUT2D eigenvalue weighted by atomic mass is 10.1. The molecule has 0 radical (unpaired) electrons. The van der Waals surface area contributed by atoms with Crippen LogP contribution in [0.1, 0.15) is 21.5 Å². The molecule has 0 bridgehead atoms. The van der Waals surface area contributed by atoms with Gasteiger partial charge < -0.3 is 9.64 Å². The fraction of sp³-hybridized carbons (Fsp3) is 0.250. The molecule has 0 spiro atoms. The Kier molecular flexibility index (Phi) is 4.87. The number of anilines is 1. The number of hydrogen-bond donors (Lipinski definition) is 0. The van der Waals surface area contributed by atoms with E-state index in [2.05, 4.69) is 0 Å². The highest BCUT2D eigenvalue weighted by Gasteiger charge is 2.32. The standard InChI is InChI=1S/C20H21NO4S/c1-14-4-7-17(12-15(14)2)21(18-10-11-26(23,24)13-18)20(22)16-5-8-19(25-3)9-6-16/h4-12,18H,13H2,1-3H3. The van der Waals surface area contributed by atoms with Gasteiger partial charge in [-0.1, -0.05) is 6.07 Å². The smallest absolute Gasteiger partial charge is 0.258 e. The molecule has 5 nitrogen and oxygen atoms in total. The lowest BCUT2D eigenvalue weighted by molar-refractivity contribution is 0.0983. The van der Waals surface area contributed by atoms with Crippen molar-refractivity contribution in [3.8, 4) is 5.75 Å². The number of sulfone groups is 1. The monoisotopic (exact) mass is 371 g/mol. The molecule has 0 N–H and O–H groups in total. The third kappa shape index (κ3) is 3.65. The van der Waals surface area contributed by atoms with Gasteiger partial charge in [0, 0.05) is 16.7 Å². The van der Waals surface area contributed by atoms with Crippen molar-refractivity contribution < 1.29 is 17.9 Å². The quantitative estimate of drug-likeness (QED) is 0.827. The van der Waals surface area contributed by atoms with Crippen LogP contribution in [0.5, 0.6) is 5.75 Å². The molecule has 0 aliphatic carbocycles. The van der Waals surface area contributed by atoms with E-state index >= 15 is 0 Å². The van der Waals surface area contributed by atoms with E-state index in [1.54, 1.807) is 42.4 Å². The topological polar surface area (TPSA) is 63.7 Å². The van der Waals surface area contributed by atoms with Crippen molar-refractivity contribution in [2.45, 2.75) is 19.9 Å². The second-order valence-corrected chi connectivity index (χ2v) is 8.33. The number of aryl methyl sites for hydroxylation is 2. The second kappa shape index (κ2) is 6.96. The summed E-state index contributed by atoms with van der Waals surface area (Å²) >= 11 is 0. The summed E-state index contributed by atoms with van der Waals surface area (Å²) in [7, 11) is -1.73. The summed E-state index contributed by atoms with van der Waals surface area (Å²) in [5.74, 6) is 0.298. The summed E-state index contributed by atoms with van der Waals surface area (Å²) in [6.45, 7) is 3.96. The van der Waals surface area contributed by atoms with E-state index in [4.69, 9.17) is 4.74 Å². The number of carbonyl (C=O) groups excluding carboxylic acids is 1. The van der Waals surface area contributed by atoms with Gasteiger partial charge in [0.05, 0.1) is 18.9 Å². The third-order valence-electron chi connectivity index (χ3n) is 4.57. The summed E-state index contributed by atoms with van der Waals surface area (Å²) in [5, 5.41) is 1.19. The first-order valence-electron chi connectivity index (χ1n) is 8.26. The Morgan fingerprint density at radius 1 is 1.08 bits per heavy atom. The van der Waals surface area contributed by atoms with Crippen molar-refractivity contribution in [3.05, 3.63) is 70.6 Å². The third-order valence-corrected chi connectivity index (χ3v) is 5.95. The van der Waals surface area contributed by atoms with Crippen LogP contribution in [-0.4, -0.2) is 33.2 Å². The molecule has 1 heterocycles. The minimum Gasteiger partial charge on any atom is -0.497 e. The first kappa shape index (κ1) is 18.2. The lowest BCUT2D eigenvalue weighted by Gasteiger charge is -2.28. The Morgan fingerprint density at radius 3 is 2.31 bits per heavy atom. The predicted octanol–water partition coefficient (Wildman–Crippen LogP) is 3.27. The van der Waals surface area contributed by atoms with Gasteiger partial charge in [-0.3, -0.25) is 4.79 Å². The van der Waals surface area contributed by atoms with Crippen molar-refractivity contribution in [1.29, 1.82) is 0 Å². The highest BCUT2D eigenvalue weighted by molar-refractivity contribution is 7.94. The first-order valence-corrected chi connectivity index (χ1v) is 9.98. The molecule has 26 heavy (non-hydrogen) atoms. The van der Waals surface area contributed by atoms with Crippen LogP contribution in [0.2, 0.25) is 0 Å². The second-order valence-electron chi connectivity index (χ2n) is 6.40. The van der Waals surface area contributed by atoms with E-state index in [9.17, 15) is 13.2 Å². The average Bonchev–Trinajstić information content (AvgIpc) is 2.97. The van der Waals surface area contributed by atoms with Crippen molar-refractivity contribution in [2.75, 3.05) is 17.8 Å². The largest absolute Gasteiger partial charge is 0.497 e. The molecule has 136 valence electrons. The molecule has 6 heteroatoms. The Balaban J connectivity index is 2.03. The minimum atomic E-state index is -3.29. The van der Waals surface area contributed by atoms with Gasteiger partial charge in [-0.2, -0.15) is 0 Å². The first-order chi connectivity index (χ1) is 12.3. The van der Waals surface area contributed by atoms with Gasteiger partial charge in [0.15, 0.2) is 9.84 Å². The SMILES string of the molecule is COc1ccc(C(=O)N(c2ccc(C)c(C)c2)C2C=CS(=O)(=O)C2)cc1. The molecule has 0 aromatic heterocycles. The number of methoxy groups -OCH3 is 1. The maximum atomic E-state index is 13.2. The molecule has 0 saturated heterocycles. The van der Waals surface area contributed by atoms with E-state index in [-0.39, 0.29) is 11.7 Å². The van der Waals surface area contributed by atoms with Crippen LogP contribution in [0.4, 0.5) is 5.69 Å². The highest BCUT2D eigenvalue weighted by Crippen LogP contribution is 2.27. The summed E-state index contributed by atoms with van der Waals surface area (Å²) in [4.78, 5) is 14.7. The van der Waals surface area contributed by atoms with Crippen LogP contribution >= 0.6 is 0 Å². The maximum absolute atomic E-state index is 13.2. The molecule has 0 saturated carbocycles. The Labute approximate surface area is 153 Å². The number of hydrogen-bond acceptors (Lipinski definition) is 4. The molecule has 1 aliphatic heterocycles. The van der Waals surface area contributed by atoms with E-state index < -0.39 is 15.9 Å². The van der Waals surface area contributed by atoms with Gasteiger partial charge in [-0.05, 0) is 67.4 Å². The molecule has 1 unspecified atom stereocenters. The average molecular weight is 371 g/mol. The van der Waals surface area contributed by atoms with E-state index in [0.29, 0.717) is 17.0 Å². The number of carbonyl (C=O) groups is 1. The summed E-state index contributed by atoms with van der Waals surface area (Å²) in [6, 6.07) is 12.0. The Bertz CT molecular complexity index is 962. The molecule has 0 fully saturated rings. The van der Waals surface area contributed by atoms with Gasteiger partial charge in [0.1, 0.15) is 5.75 Å². The maximum Gasteiger partial charge on any atom is 0.258 e. The highest BCUT2D eigenvalue weighted by atomic mass is 32.2. The predicted molar refractivity (Wildman–Crippen MR) is 102 cm³/mol. The van der Waals surface area contributed by atoms with E-state index in [0.717, 1.165) is 11.1 Å². The molecule has 3 rings (SSSR count).